The van der Waals surface area contributed by atoms with Crippen molar-refractivity contribution in [3.63, 3.8) is 0 Å². The lowest BCUT2D eigenvalue weighted by atomic mass is 10.1. The molecule has 8 heteroatoms. The van der Waals surface area contributed by atoms with Crippen molar-refractivity contribution < 1.29 is 21.6 Å². The molecular formula is C13H21NO5S2. The summed E-state index contributed by atoms with van der Waals surface area (Å²) in [6.45, 7) is 2.31. The highest BCUT2D eigenvalue weighted by molar-refractivity contribution is 7.90. The SMILES string of the molecule is CC(CCOc1cccc(S(C)(=O)=O)c1)CCS(N)(=O)=O. The number of ether oxygens (including phenoxy) is 1. The molecule has 0 radical (unpaired) electrons. The van der Waals surface area contributed by atoms with Gasteiger partial charge in [0.2, 0.25) is 10.0 Å². The van der Waals surface area contributed by atoms with Gasteiger partial charge >= 0.3 is 0 Å². The standard InChI is InChI=1S/C13H21NO5S2/c1-11(7-9-21(14,17)18)6-8-19-12-4-3-5-13(10-12)20(2,15)16/h3-5,10-11H,6-9H2,1-2H3,(H2,14,17,18). The molecule has 2 N–H and O–H groups in total. The fourth-order valence-electron chi connectivity index (χ4n) is 1.68. The van der Waals surface area contributed by atoms with Crippen molar-refractivity contribution in [1.29, 1.82) is 0 Å². The lowest BCUT2D eigenvalue weighted by Gasteiger charge is -2.12. The van der Waals surface area contributed by atoms with E-state index in [2.05, 4.69) is 0 Å². The summed E-state index contributed by atoms with van der Waals surface area (Å²) < 4.78 is 50.0. The molecule has 6 nitrogen and oxygen atoms in total. The molecule has 120 valence electrons. The highest BCUT2D eigenvalue weighted by atomic mass is 32.2. The molecule has 1 unspecified atom stereocenters. The van der Waals surface area contributed by atoms with Crippen LogP contribution in [0.5, 0.6) is 5.75 Å². The Morgan fingerprint density at radius 2 is 1.86 bits per heavy atom. The van der Waals surface area contributed by atoms with Crippen molar-refractivity contribution in [2.45, 2.75) is 24.7 Å². The molecule has 0 saturated carbocycles. The van der Waals surface area contributed by atoms with Crippen LogP contribution in [-0.4, -0.2) is 35.5 Å². The maximum absolute atomic E-state index is 11.4. The number of sulfonamides is 1. The van der Waals surface area contributed by atoms with Gasteiger partial charge in [0.05, 0.1) is 17.3 Å². The molecule has 0 aliphatic carbocycles. The third-order valence-corrected chi connectivity index (χ3v) is 4.92. The van der Waals surface area contributed by atoms with Gasteiger partial charge in [0, 0.05) is 6.26 Å². The lowest BCUT2D eigenvalue weighted by molar-refractivity contribution is 0.281. The number of rotatable bonds is 8. The van der Waals surface area contributed by atoms with Crippen LogP contribution in [0.3, 0.4) is 0 Å². The number of hydrogen-bond acceptors (Lipinski definition) is 5. The first-order valence-corrected chi connectivity index (χ1v) is 10.1. The van der Waals surface area contributed by atoms with Crippen molar-refractivity contribution in [3.05, 3.63) is 24.3 Å². The largest absolute Gasteiger partial charge is 0.494 e. The third-order valence-electron chi connectivity index (χ3n) is 3.01. The Labute approximate surface area is 126 Å². The van der Waals surface area contributed by atoms with Gasteiger partial charge in [0.25, 0.3) is 0 Å². The molecule has 0 amide bonds. The molecule has 0 saturated heterocycles. The Hall–Kier alpha value is -1.12. The first-order valence-electron chi connectivity index (χ1n) is 6.51. The molecule has 1 aromatic carbocycles. The maximum Gasteiger partial charge on any atom is 0.209 e. The number of hydrogen-bond donors (Lipinski definition) is 1. The minimum Gasteiger partial charge on any atom is -0.494 e. The second-order valence-electron chi connectivity index (χ2n) is 5.14. The fourth-order valence-corrected chi connectivity index (χ4v) is 3.07. The average Bonchev–Trinajstić information content (AvgIpc) is 2.35. The molecule has 0 heterocycles. The quantitative estimate of drug-likeness (QED) is 0.768. The van der Waals surface area contributed by atoms with E-state index in [0.717, 1.165) is 6.26 Å². The van der Waals surface area contributed by atoms with Gasteiger partial charge in [-0.25, -0.2) is 22.0 Å². The Morgan fingerprint density at radius 1 is 1.19 bits per heavy atom. The summed E-state index contributed by atoms with van der Waals surface area (Å²) in [6, 6.07) is 6.29. The van der Waals surface area contributed by atoms with Gasteiger partial charge in [-0.1, -0.05) is 13.0 Å². The van der Waals surface area contributed by atoms with Crippen LogP contribution in [0.15, 0.2) is 29.2 Å². The molecule has 1 atom stereocenters. The van der Waals surface area contributed by atoms with Gasteiger partial charge < -0.3 is 4.74 Å². The molecule has 1 aromatic rings. The van der Waals surface area contributed by atoms with E-state index in [4.69, 9.17) is 9.88 Å². The minimum atomic E-state index is -3.43. The van der Waals surface area contributed by atoms with E-state index in [1.54, 1.807) is 12.1 Å². The Kier molecular flexibility index (Phi) is 6.18. The molecule has 0 fully saturated rings. The highest BCUT2D eigenvalue weighted by Gasteiger charge is 2.10. The molecule has 0 aromatic heterocycles. The van der Waals surface area contributed by atoms with Crippen molar-refractivity contribution in [2.24, 2.45) is 11.1 Å². The molecular weight excluding hydrogens is 314 g/mol. The van der Waals surface area contributed by atoms with Crippen LogP contribution in [0.4, 0.5) is 0 Å². The van der Waals surface area contributed by atoms with E-state index in [1.807, 2.05) is 6.92 Å². The first kappa shape index (κ1) is 17.9. The summed E-state index contributed by atoms with van der Waals surface area (Å²) in [5.41, 5.74) is 0. The zero-order valence-electron chi connectivity index (χ0n) is 12.2. The van der Waals surface area contributed by atoms with Crippen LogP contribution in [0.1, 0.15) is 19.8 Å². The van der Waals surface area contributed by atoms with Gasteiger partial charge in [-0.3, -0.25) is 0 Å². The van der Waals surface area contributed by atoms with Crippen LogP contribution in [0, 0.1) is 5.92 Å². The van der Waals surface area contributed by atoms with E-state index in [0.29, 0.717) is 25.2 Å². The average molecular weight is 335 g/mol. The number of benzene rings is 1. The second-order valence-corrected chi connectivity index (χ2v) is 8.89. The summed E-state index contributed by atoms with van der Waals surface area (Å²) in [4.78, 5) is 0.210. The van der Waals surface area contributed by atoms with Crippen LogP contribution in [0.2, 0.25) is 0 Å². The summed E-state index contributed by atoms with van der Waals surface area (Å²) in [7, 11) is -6.68. The molecule has 0 aliphatic rings. The zero-order chi connectivity index (χ0) is 16.1. The van der Waals surface area contributed by atoms with Crippen LogP contribution >= 0.6 is 0 Å². The normalized spacial score (nSPS) is 13.9. The predicted octanol–water partition coefficient (Wildman–Crippen LogP) is 1.17. The van der Waals surface area contributed by atoms with Gasteiger partial charge in [-0.15, -0.1) is 0 Å². The van der Waals surface area contributed by atoms with Crippen LogP contribution < -0.4 is 9.88 Å². The Balaban J connectivity index is 2.46. The molecule has 0 aliphatic heterocycles. The van der Waals surface area contributed by atoms with Crippen molar-refractivity contribution in [2.75, 3.05) is 18.6 Å². The molecule has 1 rings (SSSR count). The second kappa shape index (κ2) is 7.24. The summed E-state index contributed by atoms with van der Waals surface area (Å²) in [6.07, 6.45) is 2.28. The van der Waals surface area contributed by atoms with Gasteiger partial charge in [0.15, 0.2) is 9.84 Å². The third kappa shape index (κ3) is 7.45. The van der Waals surface area contributed by atoms with Crippen LogP contribution in [0.25, 0.3) is 0 Å². The van der Waals surface area contributed by atoms with E-state index in [9.17, 15) is 16.8 Å². The number of nitrogens with two attached hydrogens (primary N) is 1. The van der Waals surface area contributed by atoms with Gasteiger partial charge in [0.1, 0.15) is 5.75 Å². The molecule has 21 heavy (non-hydrogen) atoms. The fraction of sp³-hybridized carbons (Fsp3) is 0.538. The predicted molar refractivity (Wildman–Crippen MR) is 81.4 cm³/mol. The Morgan fingerprint density at radius 3 is 2.43 bits per heavy atom. The monoisotopic (exact) mass is 335 g/mol. The topological polar surface area (TPSA) is 104 Å². The maximum atomic E-state index is 11.4. The van der Waals surface area contributed by atoms with Gasteiger partial charge in [-0.05, 0) is 37.0 Å². The summed E-state index contributed by atoms with van der Waals surface area (Å²) in [5, 5.41) is 4.94. The minimum absolute atomic E-state index is 0.0439. The van der Waals surface area contributed by atoms with E-state index < -0.39 is 19.9 Å². The van der Waals surface area contributed by atoms with Gasteiger partial charge in [-0.2, -0.15) is 0 Å². The number of primary sulfonamides is 1. The van der Waals surface area contributed by atoms with Crippen molar-refractivity contribution in [3.8, 4) is 5.75 Å². The van der Waals surface area contributed by atoms with Crippen molar-refractivity contribution >= 4 is 19.9 Å². The summed E-state index contributed by atoms with van der Waals surface area (Å²) in [5.74, 6) is 0.593. The molecule has 0 bridgehead atoms. The zero-order valence-corrected chi connectivity index (χ0v) is 13.8. The molecule has 0 spiro atoms. The van der Waals surface area contributed by atoms with Crippen LogP contribution in [-0.2, 0) is 19.9 Å². The van der Waals surface area contributed by atoms with Crippen molar-refractivity contribution in [1.82, 2.24) is 0 Å². The smallest absolute Gasteiger partial charge is 0.209 e. The summed E-state index contributed by atoms with van der Waals surface area (Å²) >= 11 is 0. The lowest BCUT2D eigenvalue weighted by Crippen LogP contribution is -2.18. The number of sulfone groups is 1. The Bertz CT molecular complexity index is 668. The first-order chi connectivity index (χ1) is 9.58. The van der Waals surface area contributed by atoms with E-state index >= 15 is 0 Å². The highest BCUT2D eigenvalue weighted by Crippen LogP contribution is 2.18. The van der Waals surface area contributed by atoms with E-state index in [-0.39, 0.29) is 16.6 Å². The van der Waals surface area contributed by atoms with E-state index in [1.165, 1.54) is 12.1 Å².